The van der Waals surface area contributed by atoms with E-state index in [0.717, 1.165) is 21.9 Å². The lowest BCUT2D eigenvalue weighted by Crippen LogP contribution is -2.45. The van der Waals surface area contributed by atoms with Crippen molar-refractivity contribution in [1.29, 1.82) is 0 Å². The number of hydrogen-bond donors (Lipinski definition) is 4. The maximum absolute atomic E-state index is 13.6. The van der Waals surface area contributed by atoms with Crippen LogP contribution in [0.4, 0.5) is 0 Å². The highest BCUT2D eigenvalue weighted by Crippen LogP contribution is 2.22. The number of ketones is 2. The van der Waals surface area contributed by atoms with Crippen molar-refractivity contribution in [2.75, 3.05) is 12.3 Å². The third-order valence-electron chi connectivity index (χ3n) is 7.11. The van der Waals surface area contributed by atoms with Gasteiger partial charge in [-0.1, -0.05) is 72.8 Å². The van der Waals surface area contributed by atoms with Gasteiger partial charge in [-0.3, -0.25) is 19.2 Å². The van der Waals surface area contributed by atoms with E-state index in [0.29, 0.717) is 32.2 Å². The van der Waals surface area contributed by atoms with E-state index in [1.54, 1.807) is 0 Å². The second-order valence-corrected chi connectivity index (χ2v) is 10.5. The molecule has 8 heteroatoms. The molecule has 0 aliphatic heterocycles. The molecular weight excluding hydrogens is 524 g/mol. The van der Waals surface area contributed by atoms with Crippen molar-refractivity contribution < 1.29 is 24.3 Å². The molecule has 3 atom stereocenters. The number of nitrogens with one attached hydrogen (secondary N) is 1. The lowest BCUT2D eigenvalue weighted by molar-refractivity contribution is -0.143. The minimum Gasteiger partial charge on any atom is -0.481 e. The second-order valence-electron chi connectivity index (χ2n) is 10.2. The summed E-state index contributed by atoms with van der Waals surface area (Å²) in [6.07, 6.45) is 1.95. The maximum atomic E-state index is 13.6. The smallest absolute Gasteiger partial charge is 0.307 e. The first-order valence-corrected chi connectivity index (χ1v) is 14.3. The monoisotopic (exact) mass is 562 g/mol. The summed E-state index contributed by atoms with van der Waals surface area (Å²) in [7, 11) is 0. The number of nitrogens with two attached hydrogens (primary N) is 1. The van der Waals surface area contributed by atoms with Gasteiger partial charge in [0.1, 0.15) is 5.78 Å². The number of unbranched alkanes of at least 4 members (excludes halogenated alkanes) is 1. The fourth-order valence-electron chi connectivity index (χ4n) is 4.87. The topological polar surface area (TPSA) is 127 Å². The summed E-state index contributed by atoms with van der Waals surface area (Å²) in [4.78, 5) is 51.5. The number of hydrogen-bond acceptors (Lipinski definition) is 6. The minimum atomic E-state index is -1.10. The number of carbonyl (C=O) groups is 4. The van der Waals surface area contributed by atoms with E-state index >= 15 is 0 Å². The summed E-state index contributed by atoms with van der Waals surface area (Å²) < 4.78 is 0. The highest BCUT2D eigenvalue weighted by Gasteiger charge is 2.30. The van der Waals surface area contributed by atoms with E-state index in [-0.39, 0.29) is 42.5 Å². The van der Waals surface area contributed by atoms with Crippen molar-refractivity contribution in [3.63, 3.8) is 0 Å². The lowest BCUT2D eigenvalue weighted by Gasteiger charge is -2.23. The van der Waals surface area contributed by atoms with Gasteiger partial charge in [0.15, 0.2) is 5.78 Å². The zero-order chi connectivity index (χ0) is 28.9. The van der Waals surface area contributed by atoms with Gasteiger partial charge in [0.25, 0.3) is 0 Å². The third-order valence-corrected chi connectivity index (χ3v) is 7.55. The Morgan fingerprint density at radius 2 is 1.55 bits per heavy atom. The lowest BCUT2D eigenvalue weighted by atomic mass is 9.89. The van der Waals surface area contributed by atoms with Crippen LogP contribution in [-0.4, -0.2) is 46.9 Å². The van der Waals surface area contributed by atoms with Gasteiger partial charge in [-0.15, -0.1) is 0 Å². The molecule has 4 N–H and O–H groups in total. The Hall–Kier alpha value is -3.49. The van der Waals surface area contributed by atoms with Gasteiger partial charge >= 0.3 is 5.97 Å². The van der Waals surface area contributed by atoms with Crippen LogP contribution in [0.2, 0.25) is 0 Å². The minimum absolute atomic E-state index is 0.0159. The molecule has 0 heterocycles. The zero-order valence-corrected chi connectivity index (χ0v) is 23.5. The highest BCUT2D eigenvalue weighted by atomic mass is 32.1. The van der Waals surface area contributed by atoms with Crippen molar-refractivity contribution in [2.45, 2.75) is 51.0 Å². The normalized spacial score (nSPS) is 13.3. The predicted octanol–water partition coefficient (Wildman–Crippen LogP) is 4.40. The van der Waals surface area contributed by atoms with Crippen LogP contribution >= 0.6 is 12.6 Å². The molecule has 0 saturated carbocycles. The average Bonchev–Trinajstić information content (AvgIpc) is 2.95. The van der Waals surface area contributed by atoms with E-state index in [1.165, 1.54) is 0 Å². The summed E-state index contributed by atoms with van der Waals surface area (Å²) in [5.41, 5.74) is 7.44. The number of carboxylic acids is 1. The molecule has 0 radical (unpaired) electrons. The molecule has 3 rings (SSSR count). The van der Waals surface area contributed by atoms with Crippen LogP contribution in [0.1, 0.15) is 43.2 Å². The predicted molar refractivity (Wildman–Crippen MR) is 160 cm³/mol. The van der Waals surface area contributed by atoms with Gasteiger partial charge in [-0.2, -0.15) is 12.6 Å². The largest absolute Gasteiger partial charge is 0.481 e. The summed E-state index contributed by atoms with van der Waals surface area (Å²) in [5, 5.41) is 14.3. The Morgan fingerprint density at radius 3 is 2.25 bits per heavy atom. The Kier molecular flexibility index (Phi) is 12.4. The van der Waals surface area contributed by atoms with E-state index < -0.39 is 23.8 Å². The summed E-state index contributed by atoms with van der Waals surface area (Å²) in [5.74, 6) is -3.52. The first kappa shape index (κ1) is 31.0. The van der Waals surface area contributed by atoms with E-state index in [9.17, 15) is 24.3 Å². The third kappa shape index (κ3) is 9.31. The number of rotatable bonds is 17. The number of thiol groups is 1. The first-order valence-electron chi connectivity index (χ1n) is 13.7. The molecule has 3 aromatic rings. The van der Waals surface area contributed by atoms with Gasteiger partial charge in [-0.25, -0.2) is 0 Å². The van der Waals surface area contributed by atoms with Gasteiger partial charge in [0.2, 0.25) is 5.91 Å². The number of carbonyl (C=O) groups excluding carboxylic acids is 3. The van der Waals surface area contributed by atoms with Crippen LogP contribution in [0, 0.1) is 11.8 Å². The number of benzene rings is 3. The second kappa shape index (κ2) is 15.9. The summed E-state index contributed by atoms with van der Waals surface area (Å²) in [6, 6.07) is 22.3. The van der Waals surface area contributed by atoms with E-state index in [2.05, 4.69) is 17.9 Å². The first-order chi connectivity index (χ1) is 19.3. The SMILES string of the molecule is NCCCC[C@H](NC(=O)C(CC(=O)Cc1cccc2ccccc12)Cc1ccccc1)C(=O)CC(CS)C(=O)O. The fourth-order valence-corrected chi connectivity index (χ4v) is 5.16. The van der Waals surface area contributed by atoms with Crippen molar-refractivity contribution in [2.24, 2.45) is 17.6 Å². The molecular formula is C32H38N2O5S. The van der Waals surface area contributed by atoms with Crippen molar-refractivity contribution >= 4 is 46.8 Å². The molecule has 7 nitrogen and oxygen atoms in total. The number of amides is 1. The molecule has 0 saturated heterocycles. The van der Waals surface area contributed by atoms with Gasteiger partial charge in [-0.05, 0) is 54.1 Å². The van der Waals surface area contributed by atoms with E-state index in [4.69, 9.17) is 5.73 Å². The average molecular weight is 563 g/mol. The standard InChI is InChI=1S/C32H38N2O5S/c33-16-7-6-15-29(30(36)20-26(21-40)32(38)39)34-31(37)25(17-22-9-2-1-3-10-22)19-27(35)18-24-13-8-12-23-11-4-5-14-28(23)24/h1-5,8-14,25-26,29,40H,6-7,15-21,33H2,(H,34,37)(H,38,39)/t25?,26?,29-/m0/s1. The number of aliphatic carboxylic acids is 1. The maximum Gasteiger partial charge on any atom is 0.307 e. The Bertz CT molecular complexity index is 1290. The Balaban J connectivity index is 1.79. The highest BCUT2D eigenvalue weighted by molar-refractivity contribution is 7.80. The van der Waals surface area contributed by atoms with Crippen LogP contribution in [0.25, 0.3) is 10.8 Å². The summed E-state index contributed by atoms with van der Waals surface area (Å²) in [6.45, 7) is 0.447. The van der Waals surface area contributed by atoms with Crippen molar-refractivity contribution in [3.8, 4) is 0 Å². The number of Topliss-reactive ketones (excluding diaryl/α,β-unsaturated/α-hetero) is 2. The molecule has 3 aromatic carbocycles. The van der Waals surface area contributed by atoms with Crippen LogP contribution in [0.15, 0.2) is 72.8 Å². The molecule has 40 heavy (non-hydrogen) atoms. The summed E-state index contributed by atoms with van der Waals surface area (Å²) >= 11 is 4.07. The van der Waals surface area contributed by atoms with Crippen molar-refractivity contribution in [3.05, 3.63) is 83.9 Å². The fraction of sp³-hybridized carbons (Fsp3) is 0.375. The molecule has 2 unspecified atom stereocenters. The zero-order valence-electron chi connectivity index (χ0n) is 22.6. The van der Waals surface area contributed by atoms with Gasteiger partial charge in [0.05, 0.1) is 12.0 Å². The molecule has 0 aliphatic rings. The quantitative estimate of drug-likeness (QED) is 0.143. The number of fused-ring (bicyclic) bond motifs is 1. The van der Waals surface area contributed by atoms with Crippen LogP contribution in [-0.2, 0) is 32.0 Å². The molecule has 1 amide bonds. The molecule has 0 aliphatic carbocycles. The van der Waals surface area contributed by atoms with Crippen LogP contribution in [0.5, 0.6) is 0 Å². The number of carboxylic acid groups (broad SMARTS) is 1. The molecule has 0 fully saturated rings. The molecule has 212 valence electrons. The van der Waals surface area contributed by atoms with E-state index in [1.807, 2.05) is 72.8 Å². The van der Waals surface area contributed by atoms with Crippen molar-refractivity contribution in [1.82, 2.24) is 5.32 Å². The van der Waals surface area contributed by atoms with Crippen LogP contribution < -0.4 is 11.1 Å². The Labute approximate surface area is 240 Å². The Morgan fingerprint density at radius 1 is 0.850 bits per heavy atom. The molecule has 0 spiro atoms. The molecule has 0 aromatic heterocycles. The molecule has 0 bridgehead atoms. The van der Waals surface area contributed by atoms with Gasteiger partial charge in [0, 0.05) is 30.9 Å². The van der Waals surface area contributed by atoms with Gasteiger partial charge < -0.3 is 16.2 Å². The van der Waals surface area contributed by atoms with Crippen LogP contribution in [0.3, 0.4) is 0 Å².